The molecule has 0 aromatic heterocycles. The van der Waals surface area contributed by atoms with Crippen molar-refractivity contribution in [2.75, 3.05) is 32.8 Å². The minimum Gasteiger partial charge on any atom is -0.545 e. The highest BCUT2D eigenvalue weighted by Gasteiger charge is 2.13. The predicted molar refractivity (Wildman–Crippen MR) is 105 cm³/mol. The van der Waals surface area contributed by atoms with Crippen LogP contribution in [0, 0.1) is 0 Å². The predicted octanol–water partition coefficient (Wildman–Crippen LogP) is -0.0629. The van der Waals surface area contributed by atoms with Crippen molar-refractivity contribution in [3.63, 3.8) is 0 Å². The second kappa shape index (κ2) is 13.6. The molecule has 0 aliphatic rings. The summed E-state index contributed by atoms with van der Waals surface area (Å²) in [5, 5.41) is 28.2. The average Bonchev–Trinajstić information content (AvgIpc) is 2.73. The molecule has 0 spiro atoms. The van der Waals surface area contributed by atoms with E-state index in [-0.39, 0.29) is 30.1 Å². The van der Waals surface area contributed by atoms with Crippen molar-refractivity contribution in [3.05, 3.63) is 71.3 Å². The second-order valence-corrected chi connectivity index (χ2v) is 6.33. The van der Waals surface area contributed by atoms with Crippen LogP contribution in [0.5, 0.6) is 0 Å². The highest BCUT2D eigenvalue weighted by Crippen LogP contribution is 2.13. The molecule has 0 atom stereocenters. The van der Waals surface area contributed by atoms with Gasteiger partial charge in [0.1, 0.15) is 13.1 Å². The Kier molecular flexibility index (Phi) is 11.4. The van der Waals surface area contributed by atoms with Gasteiger partial charge in [0, 0.05) is 16.7 Å². The summed E-state index contributed by atoms with van der Waals surface area (Å²) in [5.74, 6) is -1.66. The molecule has 6 nitrogen and oxygen atoms in total. The maximum Gasteiger partial charge on any atom is 0.193 e. The third kappa shape index (κ3) is 8.00. The van der Waals surface area contributed by atoms with E-state index in [0.717, 1.165) is 19.6 Å². The molecule has 0 aliphatic carbocycles. The highest BCUT2D eigenvalue weighted by atomic mass is 16.4. The van der Waals surface area contributed by atoms with Crippen LogP contribution in [0.4, 0.5) is 0 Å². The SMILES string of the molecule is CCCC[NH+](CCO)CCO.O=C([O-])c1ccccc1C(=O)c1ccccc1. The summed E-state index contributed by atoms with van der Waals surface area (Å²) < 4.78 is 0. The first kappa shape index (κ1) is 23.5. The Labute approximate surface area is 166 Å². The number of nitrogens with one attached hydrogen (secondary N) is 1. The lowest BCUT2D eigenvalue weighted by molar-refractivity contribution is -0.901. The van der Waals surface area contributed by atoms with Crippen LogP contribution < -0.4 is 10.0 Å². The lowest BCUT2D eigenvalue weighted by Gasteiger charge is -2.16. The number of hydrogen-bond donors (Lipinski definition) is 3. The van der Waals surface area contributed by atoms with Crippen LogP contribution in [-0.4, -0.2) is 54.8 Å². The molecular formula is C22H29NO5. The van der Waals surface area contributed by atoms with Crippen molar-refractivity contribution in [3.8, 4) is 0 Å². The summed E-state index contributed by atoms with van der Waals surface area (Å²) in [6.45, 7) is 5.19. The fourth-order valence-electron chi connectivity index (χ4n) is 2.72. The molecule has 6 heteroatoms. The van der Waals surface area contributed by atoms with Crippen LogP contribution in [0.15, 0.2) is 54.6 Å². The monoisotopic (exact) mass is 387 g/mol. The molecule has 0 saturated carbocycles. The third-order valence-electron chi connectivity index (χ3n) is 4.24. The van der Waals surface area contributed by atoms with Crippen LogP contribution in [0.25, 0.3) is 0 Å². The highest BCUT2D eigenvalue weighted by molar-refractivity contribution is 6.13. The Bertz CT molecular complexity index is 712. The van der Waals surface area contributed by atoms with E-state index in [1.807, 2.05) is 0 Å². The molecule has 0 amide bonds. The molecule has 3 N–H and O–H groups in total. The number of carbonyl (C=O) groups excluding carboxylic acids is 2. The Morgan fingerprint density at radius 2 is 1.39 bits per heavy atom. The van der Waals surface area contributed by atoms with E-state index in [0.29, 0.717) is 5.56 Å². The van der Waals surface area contributed by atoms with Crippen LogP contribution in [0.3, 0.4) is 0 Å². The number of ketones is 1. The number of unbranched alkanes of at least 4 members (excludes halogenated alkanes) is 1. The number of quaternary nitrogens is 1. The van der Waals surface area contributed by atoms with Crippen molar-refractivity contribution < 1.29 is 29.8 Å². The molecule has 2 aromatic carbocycles. The lowest BCUT2D eigenvalue weighted by Crippen LogP contribution is -3.13. The molecular weight excluding hydrogens is 358 g/mol. The molecule has 0 bridgehead atoms. The van der Waals surface area contributed by atoms with Crippen molar-refractivity contribution in [2.45, 2.75) is 19.8 Å². The number of hydrogen-bond acceptors (Lipinski definition) is 5. The average molecular weight is 387 g/mol. The van der Waals surface area contributed by atoms with Gasteiger partial charge in [0.25, 0.3) is 0 Å². The van der Waals surface area contributed by atoms with Gasteiger partial charge in [-0.1, -0.05) is 67.9 Å². The second-order valence-electron chi connectivity index (χ2n) is 6.33. The zero-order chi connectivity index (χ0) is 20.8. The van der Waals surface area contributed by atoms with Gasteiger partial charge in [0.15, 0.2) is 5.78 Å². The first-order chi connectivity index (χ1) is 13.5. The Hall–Kier alpha value is -2.54. The fourth-order valence-corrected chi connectivity index (χ4v) is 2.72. The topological polar surface area (TPSA) is 102 Å². The van der Waals surface area contributed by atoms with E-state index >= 15 is 0 Å². The molecule has 0 saturated heterocycles. The van der Waals surface area contributed by atoms with Crippen molar-refractivity contribution in [1.82, 2.24) is 0 Å². The van der Waals surface area contributed by atoms with Gasteiger partial charge >= 0.3 is 0 Å². The Morgan fingerprint density at radius 3 is 1.89 bits per heavy atom. The van der Waals surface area contributed by atoms with Gasteiger partial charge in [-0.25, -0.2) is 0 Å². The fraction of sp³-hybridized carbons (Fsp3) is 0.364. The smallest absolute Gasteiger partial charge is 0.193 e. The summed E-state index contributed by atoms with van der Waals surface area (Å²) in [6.07, 6.45) is 2.36. The summed E-state index contributed by atoms with van der Waals surface area (Å²) in [5.41, 5.74) is 0.529. The first-order valence-electron chi connectivity index (χ1n) is 9.50. The van der Waals surface area contributed by atoms with E-state index in [9.17, 15) is 14.7 Å². The van der Waals surface area contributed by atoms with Gasteiger partial charge in [-0.2, -0.15) is 0 Å². The normalized spacial score (nSPS) is 10.3. The number of carboxylic acid groups (broad SMARTS) is 1. The van der Waals surface area contributed by atoms with Crippen molar-refractivity contribution in [1.29, 1.82) is 0 Å². The number of carbonyl (C=O) groups is 2. The Balaban J connectivity index is 0.000000311. The molecule has 152 valence electrons. The molecule has 0 radical (unpaired) electrons. The molecule has 0 heterocycles. The van der Waals surface area contributed by atoms with Crippen LogP contribution in [0.1, 0.15) is 46.0 Å². The van der Waals surface area contributed by atoms with Crippen LogP contribution in [0.2, 0.25) is 0 Å². The van der Waals surface area contributed by atoms with Gasteiger partial charge in [0.2, 0.25) is 0 Å². The zero-order valence-corrected chi connectivity index (χ0v) is 16.3. The van der Waals surface area contributed by atoms with Crippen molar-refractivity contribution in [2.24, 2.45) is 0 Å². The molecule has 2 aromatic rings. The van der Waals surface area contributed by atoms with E-state index in [1.165, 1.54) is 29.9 Å². The molecule has 0 unspecified atom stereocenters. The minimum absolute atomic E-state index is 0.0821. The maximum absolute atomic E-state index is 12.1. The Morgan fingerprint density at radius 1 is 0.857 bits per heavy atom. The van der Waals surface area contributed by atoms with Gasteiger partial charge in [-0.15, -0.1) is 0 Å². The van der Waals surface area contributed by atoms with Gasteiger partial charge in [0.05, 0.1) is 25.7 Å². The number of carboxylic acids is 1. The van der Waals surface area contributed by atoms with Gasteiger partial charge < -0.3 is 25.0 Å². The third-order valence-corrected chi connectivity index (χ3v) is 4.24. The van der Waals surface area contributed by atoms with Gasteiger partial charge in [-0.3, -0.25) is 4.79 Å². The number of aromatic carboxylic acids is 1. The largest absolute Gasteiger partial charge is 0.545 e. The lowest BCUT2D eigenvalue weighted by atomic mass is 9.98. The standard InChI is InChI=1S/C14H10O3.C8H19NO2/c15-13(10-6-2-1-3-7-10)11-8-4-5-9-12(11)14(16)17;1-2-3-4-9(5-7-10)6-8-11/h1-9H,(H,16,17);10-11H,2-8H2,1H3. The van der Waals surface area contributed by atoms with Crippen LogP contribution >= 0.6 is 0 Å². The molecule has 0 fully saturated rings. The van der Waals surface area contributed by atoms with E-state index in [4.69, 9.17) is 10.2 Å². The maximum atomic E-state index is 12.1. The quantitative estimate of drug-likeness (QED) is 0.496. The van der Waals surface area contributed by atoms with E-state index in [2.05, 4.69) is 6.92 Å². The van der Waals surface area contributed by atoms with Crippen LogP contribution in [-0.2, 0) is 0 Å². The molecule has 0 aliphatic heterocycles. The number of benzene rings is 2. The zero-order valence-electron chi connectivity index (χ0n) is 16.3. The van der Waals surface area contributed by atoms with E-state index < -0.39 is 5.97 Å². The summed E-state index contributed by atoms with van der Waals surface area (Å²) in [6, 6.07) is 14.6. The summed E-state index contributed by atoms with van der Waals surface area (Å²) in [4.78, 5) is 24.3. The molecule has 28 heavy (non-hydrogen) atoms. The minimum atomic E-state index is -1.34. The summed E-state index contributed by atoms with van der Waals surface area (Å²) in [7, 11) is 0. The number of rotatable bonds is 10. The first-order valence-corrected chi connectivity index (χ1v) is 9.50. The number of aliphatic hydroxyl groups excluding tert-OH is 2. The van der Waals surface area contributed by atoms with Gasteiger partial charge in [-0.05, 0) is 6.42 Å². The van der Waals surface area contributed by atoms with E-state index in [1.54, 1.807) is 42.5 Å². The van der Waals surface area contributed by atoms with Crippen molar-refractivity contribution >= 4 is 11.8 Å². The summed E-state index contributed by atoms with van der Waals surface area (Å²) >= 11 is 0. The molecule has 2 rings (SSSR count). The number of aliphatic hydroxyl groups is 2.